The number of aromatic hydroxyl groups is 1. The molecule has 0 unspecified atom stereocenters. The van der Waals surface area contributed by atoms with Crippen LogP contribution in [0.4, 0.5) is 8.78 Å². The minimum atomic E-state index is -0.980. The second kappa shape index (κ2) is 7.83. The first kappa shape index (κ1) is 20.5. The van der Waals surface area contributed by atoms with Gasteiger partial charge in [0.1, 0.15) is 5.82 Å². The van der Waals surface area contributed by atoms with Crippen molar-refractivity contribution in [3.63, 3.8) is 0 Å². The molecule has 0 radical (unpaired) electrons. The van der Waals surface area contributed by atoms with Gasteiger partial charge < -0.3 is 14.4 Å². The summed E-state index contributed by atoms with van der Waals surface area (Å²) in [6.45, 7) is 3.95. The Morgan fingerprint density at radius 1 is 1.06 bits per heavy atom. The molecule has 0 aliphatic rings. The summed E-state index contributed by atoms with van der Waals surface area (Å²) in [6.07, 6.45) is 1.35. The van der Waals surface area contributed by atoms with Crippen molar-refractivity contribution in [2.24, 2.45) is 0 Å². The van der Waals surface area contributed by atoms with Crippen LogP contribution in [0.25, 0.3) is 27.7 Å². The van der Waals surface area contributed by atoms with Crippen LogP contribution in [0.5, 0.6) is 5.75 Å². The fraction of sp³-hybridized carbons (Fsp3) is 0.167. The van der Waals surface area contributed by atoms with E-state index in [0.29, 0.717) is 33.3 Å². The average Bonchev–Trinajstić information content (AvgIpc) is 3.12. The van der Waals surface area contributed by atoms with Gasteiger partial charge in [0, 0.05) is 16.9 Å². The molecular weight excluding hydrogens is 402 g/mol. The average molecular weight is 422 g/mol. The first-order valence-corrected chi connectivity index (χ1v) is 9.70. The summed E-state index contributed by atoms with van der Waals surface area (Å²) >= 11 is 0. The van der Waals surface area contributed by atoms with Gasteiger partial charge in [-0.2, -0.15) is 4.39 Å². The van der Waals surface area contributed by atoms with Gasteiger partial charge in [-0.15, -0.1) is 0 Å². The van der Waals surface area contributed by atoms with Crippen molar-refractivity contribution in [3.05, 3.63) is 77.8 Å². The van der Waals surface area contributed by atoms with Crippen LogP contribution in [-0.4, -0.2) is 27.7 Å². The quantitative estimate of drug-likeness (QED) is 0.344. The number of benzene rings is 2. The van der Waals surface area contributed by atoms with E-state index in [1.54, 1.807) is 36.4 Å². The van der Waals surface area contributed by atoms with Gasteiger partial charge in [0.05, 0.1) is 29.8 Å². The lowest BCUT2D eigenvalue weighted by Crippen LogP contribution is -2.04. The zero-order valence-electron chi connectivity index (χ0n) is 17.2. The van der Waals surface area contributed by atoms with Crippen LogP contribution in [0.15, 0.2) is 54.7 Å². The Kier molecular flexibility index (Phi) is 5.19. The Balaban J connectivity index is 2.09. The second-order valence-corrected chi connectivity index (χ2v) is 7.45. The summed E-state index contributed by atoms with van der Waals surface area (Å²) in [5.74, 6) is -2.44. The number of pyridine rings is 1. The molecule has 31 heavy (non-hydrogen) atoms. The van der Waals surface area contributed by atoms with E-state index in [9.17, 15) is 18.7 Å². The van der Waals surface area contributed by atoms with E-state index in [4.69, 9.17) is 4.74 Å². The van der Waals surface area contributed by atoms with Gasteiger partial charge in [0.2, 0.25) is 0 Å². The highest BCUT2D eigenvalue weighted by Crippen LogP contribution is 2.44. The molecule has 1 N–H and O–H groups in total. The minimum Gasteiger partial charge on any atom is -0.503 e. The number of rotatable bonds is 4. The zero-order chi connectivity index (χ0) is 22.3. The predicted octanol–water partition coefficient (Wildman–Crippen LogP) is 5.59. The third-order valence-electron chi connectivity index (χ3n) is 5.20. The van der Waals surface area contributed by atoms with E-state index in [0.717, 1.165) is 5.69 Å². The number of hydrogen-bond donors (Lipinski definition) is 1. The zero-order valence-corrected chi connectivity index (χ0v) is 17.2. The Morgan fingerprint density at radius 2 is 1.71 bits per heavy atom. The van der Waals surface area contributed by atoms with Gasteiger partial charge in [0.25, 0.3) is 5.95 Å². The SMILES string of the molecule is COC(=O)c1ccc(-c2c(C(C)C)n(-c3ccc(F)cc3)c3cnc(F)c(O)c23)cc1. The lowest BCUT2D eigenvalue weighted by atomic mass is 9.96. The van der Waals surface area contributed by atoms with Crippen molar-refractivity contribution >= 4 is 16.9 Å². The molecule has 0 atom stereocenters. The highest BCUT2D eigenvalue weighted by Gasteiger charge is 2.26. The number of esters is 1. The number of carbonyl (C=O) groups excluding carboxylic acids is 1. The van der Waals surface area contributed by atoms with Crippen molar-refractivity contribution in [2.45, 2.75) is 19.8 Å². The first-order valence-electron chi connectivity index (χ1n) is 9.70. The molecule has 2 heterocycles. The number of aromatic nitrogens is 2. The molecule has 0 spiro atoms. The van der Waals surface area contributed by atoms with Crippen LogP contribution < -0.4 is 0 Å². The molecule has 0 saturated heterocycles. The largest absolute Gasteiger partial charge is 0.503 e. The van der Waals surface area contributed by atoms with Crippen LogP contribution in [-0.2, 0) is 4.74 Å². The topological polar surface area (TPSA) is 64.4 Å². The van der Waals surface area contributed by atoms with Crippen molar-refractivity contribution in [1.29, 1.82) is 0 Å². The van der Waals surface area contributed by atoms with Crippen LogP contribution in [0.3, 0.4) is 0 Å². The van der Waals surface area contributed by atoms with Crippen LogP contribution in [0, 0.1) is 11.8 Å². The molecule has 2 aromatic carbocycles. The molecular formula is C24H20F2N2O3. The Hall–Kier alpha value is -3.74. The van der Waals surface area contributed by atoms with Crippen LogP contribution in [0.2, 0.25) is 0 Å². The number of methoxy groups -OCH3 is 1. The van der Waals surface area contributed by atoms with Gasteiger partial charge in [-0.05, 0) is 47.9 Å². The molecule has 2 aromatic heterocycles. The number of halogens is 2. The van der Waals surface area contributed by atoms with Gasteiger partial charge in [-0.3, -0.25) is 0 Å². The molecule has 7 heteroatoms. The molecule has 0 aliphatic heterocycles. The molecule has 0 saturated carbocycles. The number of fused-ring (bicyclic) bond motifs is 1. The standard InChI is InChI=1S/C24H20F2N2O3/c1-13(2)21-19(14-4-6-15(7-5-14)24(30)31-3)20-18(12-27-23(26)22(20)29)28(21)17-10-8-16(25)9-11-17/h4-13,29H,1-3H3. The molecule has 4 aromatic rings. The summed E-state index contributed by atoms with van der Waals surface area (Å²) in [5.41, 5.74) is 3.60. The van der Waals surface area contributed by atoms with E-state index in [1.165, 1.54) is 25.4 Å². The van der Waals surface area contributed by atoms with Gasteiger partial charge in [-0.25, -0.2) is 14.2 Å². The van der Waals surface area contributed by atoms with Crippen molar-refractivity contribution in [1.82, 2.24) is 9.55 Å². The van der Waals surface area contributed by atoms with Gasteiger partial charge in [-0.1, -0.05) is 26.0 Å². The smallest absolute Gasteiger partial charge is 0.337 e. The Labute approximate surface area is 177 Å². The summed E-state index contributed by atoms with van der Waals surface area (Å²) in [7, 11) is 1.30. The maximum absolute atomic E-state index is 14.3. The third kappa shape index (κ3) is 3.42. The highest BCUT2D eigenvalue weighted by molar-refractivity contribution is 6.03. The van der Waals surface area contributed by atoms with Gasteiger partial charge in [0.15, 0.2) is 5.75 Å². The lowest BCUT2D eigenvalue weighted by molar-refractivity contribution is 0.0600. The Bertz CT molecular complexity index is 1280. The summed E-state index contributed by atoms with van der Waals surface area (Å²) in [4.78, 5) is 15.5. The van der Waals surface area contributed by atoms with Crippen molar-refractivity contribution in [3.8, 4) is 22.6 Å². The molecule has 0 bridgehead atoms. The third-order valence-corrected chi connectivity index (χ3v) is 5.20. The van der Waals surface area contributed by atoms with E-state index >= 15 is 0 Å². The molecule has 4 rings (SSSR count). The lowest BCUT2D eigenvalue weighted by Gasteiger charge is -2.16. The molecule has 0 amide bonds. The van der Waals surface area contributed by atoms with Crippen LogP contribution in [0.1, 0.15) is 35.8 Å². The summed E-state index contributed by atoms with van der Waals surface area (Å²) < 4.78 is 34.4. The van der Waals surface area contributed by atoms with E-state index in [1.807, 2.05) is 18.4 Å². The first-order chi connectivity index (χ1) is 14.8. The Morgan fingerprint density at radius 3 is 2.29 bits per heavy atom. The fourth-order valence-corrected chi connectivity index (χ4v) is 3.85. The molecule has 5 nitrogen and oxygen atoms in total. The van der Waals surface area contributed by atoms with E-state index < -0.39 is 17.7 Å². The van der Waals surface area contributed by atoms with Gasteiger partial charge >= 0.3 is 5.97 Å². The maximum Gasteiger partial charge on any atom is 0.337 e. The fourth-order valence-electron chi connectivity index (χ4n) is 3.85. The molecule has 158 valence electrons. The maximum atomic E-state index is 14.3. The predicted molar refractivity (Wildman–Crippen MR) is 114 cm³/mol. The minimum absolute atomic E-state index is 0.0461. The van der Waals surface area contributed by atoms with Crippen molar-refractivity contribution in [2.75, 3.05) is 7.11 Å². The number of carbonyl (C=O) groups is 1. The molecule has 0 fully saturated rings. The molecule has 0 aliphatic carbocycles. The monoisotopic (exact) mass is 422 g/mol. The van der Waals surface area contributed by atoms with E-state index in [2.05, 4.69) is 4.98 Å². The van der Waals surface area contributed by atoms with Crippen LogP contribution >= 0.6 is 0 Å². The summed E-state index contributed by atoms with van der Waals surface area (Å²) in [6, 6.07) is 12.6. The normalized spacial score (nSPS) is 11.3. The van der Waals surface area contributed by atoms with Crippen molar-refractivity contribution < 1.29 is 23.4 Å². The highest BCUT2D eigenvalue weighted by atomic mass is 19.1. The van der Waals surface area contributed by atoms with E-state index in [-0.39, 0.29) is 11.7 Å². The second-order valence-electron chi connectivity index (χ2n) is 7.45. The number of nitrogens with zero attached hydrogens (tertiary/aromatic N) is 2. The summed E-state index contributed by atoms with van der Waals surface area (Å²) in [5, 5.41) is 10.9. The number of ether oxygens (including phenoxy) is 1. The number of hydrogen-bond acceptors (Lipinski definition) is 4.